The van der Waals surface area contributed by atoms with Gasteiger partial charge in [-0.15, -0.1) is 0 Å². The predicted octanol–water partition coefficient (Wildman–Crippen LogP) is 3.44. The molecule has 0 saturated carbocycles. The lowest BCUT2D eigenvalue weighted by Crippen LogP contribution is -2.03. The molecule has 2 rings (SSSR count). The first-order chi connectivity index (χ1) is 9.69. The molecule has 108 valence electrons. The Labute approximate surface area is 123 Å². The quantitative estimate of drug-likeness (QED) is 0.794. The molecule has 0 aliphatic rings. The summed E-state index contributed by atoms with van der Waals surface area (Å²) >= 11 is 1.86. The fourth-order valence-electron chi connectivity index (χ4n) is 2.40. The average Bonchev–Trinajstić information content (AvgIpc) is 2.81. The minimum Gasteiger partial charge on any atom is -0.478 e. The molecule has 1 N–H and O–H groups in total. The van der Waals surface area contributed by atoms with Crippen molar-refractivity contribution in [3.8, 4) is 0 Å². The molecule has 1 heterocycles. The van der Waals surface area contributed by atoms with E-state index in [0.717, 1.165) is 36.5 Å². The van der Waals surface area contributed by atoms with E-state index < -0.39 is 5.97 Å². The molecule has 0 spiro atoms. The van der Waals surface area contributed by atoms with E-state index in [1.807, 2.05) is 17.8 Å². The number of aromatic carboxylic acids is 1. The zero-order valence-corrected chi connectivity index (χ0v) is 12.7. The van der Waals surface area contributed by atoms with Crippen molar-refractivity contribution < 1.29 is 9.90 Å². The molecule has 0 aliphatic heterocycles. The second-order valence-electron chi connectivity index (χ2n) is 4.71. The normalized spacial score (nSPS) is 11.1. The second-order valence-corrected chi connectivity index (χ2v) is 5.70. The summed E-state index contributed by atoms with van der Waals surface area (Å²) in [6.07, 6.45) is 5.19. The second kappa shape index (κ2) is 6.79. The van der Waals surface area contributed by atoms with Crippen molar-refractivity contribution in [3.63, 3.8) is 0 Å². The largest absolute Gasteiger partial charge is 0.478 e. The molecule has 1 aromatic heterocycles. The zero-order valence-electron chi connectivity index (χ0n) is 11.9. The lowest BCUT2D eigenvalue weighted by Gasteiger charge is -2.07. The van der Waals surface area contributed by atoms with Gasteiger partial charge in [-0.1, -0.05) is 13.0 Å². The highest BCUT2D eigenvalue weighted by atomic mass is 32.2. The van der Waals surface area contributed by atoms with Gasteiger partial charge in [-0.3, -0.25) is 0 Å². The molecule has 5 heteroatoms. The number of carboxylic acid groups (broad SMARTS) is 1. The lowest BCUT2D eigenvalue weighted by molar-refractivity contribution is 0.0699. The van der Waals surface area contributed by atoms with Crippen LogP contribution in [0, 0.1) is 0 Å². The van der Waals surface area contributed by atoms with Gasteiger partial charge in [-0.05, 0) is 37.0 Å². The first kappa shape index (κ1) is 14.9. The number of rotatable bonds is 7. The van der Waals surface area contributed by atoms with Gasteiger partial charge < -0.3 is 9.67 Å². The Morgan fingerprint density at radius 2 is 2.20 bits per heavy atom. The van der Waals surface area contributed by atoms with Gasteiger partial charge in [0.1, 0.15) is 11.3 Å². The summed E-state index contributed by atoms with van der Waals surface area (Å²) in [6, 6.07) is 5.38. The fraction of sp³-hybridized carbons (Fsp3) is 0.467. The smallest absolute Gasteiger partial charge is 0.337 e. The molecular formula is C15H20N2O2S. The summed E-state index contributed by atoms with van der Waals surface area (Å²) in [6.45, 7) is 2.96. The van der Waals surface area contributed by atoms with Crippen molar-refractivity contribution >= 4 is 28.8 Å². The summed E-state index contributed by atoms with van der Waals surface area (Å²) in [7, 11) is 0. The first-order valence-corrected chi connectivity index (χ1v) is 8.28. The van der Waals surface area contributed by atoms with Crippen molar-refractivity contribution in [1.82, 2.24) is 9.55 Å². The van der Waals surface area contributed by atoms with Crippen LogP contribution in [0.4, 0.5) is 0 Å². The minimum atomic E-state index is -0.912. The van der Waals surface area contributed by atoms with Gasteiger partial charge in [0.15, 0.2) is 0 Å². The molecule has 20 heavy (non-hydrogen) atoms. The summed E-state index contributed by atoms with van der Waals surface area (Å²) in [5, 5.41) is 9.25. The number of unbranched alkanes of at least 4 members (excludes halogenated alkanes) is 1. The van der Waals surface area contributed by atoms with Gasteiger partial charge in [0.05, 0.1) is 11.1 Å². The standard InChI is InChI=1S/C15H20N2O2S/c1-3-13-16-14-11(15(18)19)7-6-8-12(14)17(13)9-4-5-10-20-2/h6-8H,3-5,9-10H2,1-2H3,(H,18,19). The Balaban J connectivity index is 2.37. The third-order valence-corrected chi connectivity index (χ3v) is 4.08. The maximum atomic E-state index is 11.3. The van der Waals surface area contributed by atoms with Gasteiger partial charge >= 0.3 is 5.97 Å². The Kier molecular flexibility index (Phi) is 5.06. The number of imidazole rings is 1. The number of hydrogen-bond donors (Lipinski definition) is 1. The zero-order chi connectivity index (χ0) is 14.5. The topological polar surface area (TPSA) is 55.1 Å². The molecule has 0 bridgehead atoms. The summed E-state index contributed by atoms with van der Waals surface area (Å²) in [5.41, 5.74) is 1.84. The highest BCUT2D eigenvalue weighted by molar-refractivity contribution is 7.98. The highest BCUT2D eigenvalue weighted by Gasteiger charge is 2.15. The third kappa shape index (κ3) is 2.98. The molecule has 2 aromatic rings. The van der Waals surface area contributed by atoms with Crippen LogP contribution in [0.25, 0.3) is 11.0 Å². The van der Waals surface area contributed by atoms with E-state index in [4.69, 9.17) is 0 Å². The predicted molar refractivity (Wildman–Crippen MR) is 83.7 cm³/mol. The summed E-state index contributed by atoms with van der Waals surface area (Å²) < 4.78 is 2.17. The van der Waals surface area contributed by atoms with Crippen molar-refractivity contribution in [3.05, 3.63) is 29.6 Å². The maximum absolute atomic E-state index is 11.3. The minimum absolute atomic E-state index is 0.292. The van der Waals surface area contributed by atoms with Crippen LogP contribution in [-0.4, -0.2) is 32.6 Å². The van der Waals surface area contributed by atoms with E-state index in [9.17, 15) is 9.90 Å². The van der Waals surface area contributed by atoms with Crippen molar-refractivity contribution in [2.75, 3.05) is 12.0 Å². The lowest BCUT2D eigenvalue weighted by atomic mass is 10.2. The molecule has 0 fully saturated rings. The molecule has 0 amide bonds. The van der Waals surface area contributed by atoms with Gasteiger partial charge in [-0.25, -0.2) is 9.78 Å². The van der Waals surface area contributed by atoms with E-state index in [2.05, 4.69) is 22.7 Å². The molecule has 0 atom stereocenters. The van der Waals surface area contributed by atoms with Gasteiger partial charge in [0.25, 0.3) is 0 Å². The first-order valence-electron chi connectivity index (χ1n) is 6.89. The molecule has 0 unspecified atom stereocenters. The summed E-state index contributed by atoms with van der Waals surface area (Å²) in [5.74, 6) is 1.22. The Morgan fingerprint density at radius 1 is 1.40 bits per heavy atom. The molecule has 1 aromatic carbocycles. The van der Waals surface area contributed by atoms with Crippen LogP contribution in [0.3, 0.4) is 0 Å². The molecule has 0 aliphatic carbocycles. The number of carboxylic acids is 1. The number of aromatic nitrogens is 2. The number of fused-ring (bicyclic) bond motifs is 1. The molecule has 0 saturated heterocycles. The van der Waals surface area contributed by atoms with Gasteiger partial charge in [-0.2, -0.15) is 11.8 Å². The van der Waals surface area contributed by atoms with Crippen molar-refractivity contribution in [1.29, 1.82) is 0 Å². The van der Waals surface area contributed by atoms with E-state index in [-0.39, 0.29) is 0 Å². The maximum Gasteiger partial charge on any atom is 0.337 e. The van der Waals surface area contributed by atoms with Crippen LogP contribution in [-0.2, 0) is 13.0 Å². The number of benzene rings is 1. The highest BCUT2D eigenvalue weighted by Crippen LogP contribution is 2.21. The molecule has 0 radical (unpaired) electrons. The van der Waals surface area contributed by atoms with Gasteiger partial charge in [0.2, 0.25) is 0 Å². The van der Waals surface area contributed by atoms with E-state index in [1.54, 1.807) is 12.1 Å². The van der Waals surface area contributed by atoms with Crippen LogP contribution in [0.15, 0.2) is 18.2 Å². The number of aryl methyl sites for hydroxylation is 2. The number of nitrogens with zero attached hydrogens (tertiary/aromatic N) is 2. The Bertz CT molecular complexity index is 607. The van der Waals surface area contributed by atoms with Crippen LogP contribution in [0.5, 0.6) is 0 Å². The van der Waals surface area contributed by atoms with Crippen molar-refractivity contribution in [2.24, 2.45) is 0 Å². The Morgan fingerprint density at radius 3 is 2.85 bits per heavy atom. The molecular weight excluding hydrogens is 272 g/mol. The van der Waals surface area contributed by atoms with E-state index in [1.165, 1.54) is 6.42 Å². The summed E-state index contributed by atoms with van der Waals surface area (Å²) in [4.78, 5) is 15.8. The van der Waals surface area contributed by atoms with Crippen LogP contribution in [0.1, 0.15) is 35.9 Å². The fourth-order valence-corrected chi connectivity index (χ4v) is 2.90. The average molecular weight is 292 g/mol. The third-order valence-electron chi connectivity index (χ3n) is 3.38. The van der Waals surface area contributed by atoms with E-state index in [0.29, 0.717) is 11.1 Å². The number of para-hydroxylation sites is 1. The van der Waals surface area contributed by atoms with Gasteiger partial charge in [0, 0.05) is 13.0 Å². The monoisotopic (exact) mass is 292 g/mol. The molecule has 4 nitrogen and oxygen atoms in total. The van der Waals surface area contributed by atoms with Crippen molar-refractivity contribution in [2.45, 2.75) is 32.7 Å². The SMILES string of the molecule is CCc1nc2c(C(=O)O)cccc2n1CCCCSC. The van der Waals surface area contributed by atoms with E-state index >= 15 is 0 Å². The van der Waals surface area contributed by atoms with Crippen LogP contribution >= 0.6 is 11.8 Å². The number of hydrogen-bond acceptors (Lipinski definition) is 3. The van der Waals surface area contributed by atoms with Crippen LogP contribution in [0.2, 0.25) is 0 Å². The number of carbonyl (C=O) groups is 1. The Hall–Kier alpha value is -1.49. The number of thioether (sulfide) groups is 1. The van der Waals surface area contributed by atoms with Crippen LogP contribution < -0.4 is 0 Å².